The zero-order valence-corrected chi connectivity index (χ0v) is 11.9. The first-order valence-electron chi connectivity index (χ1n) is 6.24. The van der Waals surface area contributed by atoms with Gasteiger partial charge in [-0.25, -0.2) is 4.79 Å². The second kappa shape index (κ2) is 6.50. The van der Waals surface area contributed by atoms with Crippen molar-refractivity contribution in [3.8, 4) is 0 Å². The standard InChI is InChI=1S/C12H14N2O7S/c15-4-6-8(18)9(19)11(21-6)14-3-5(1-2-7(16)17)10(20)13-12(14)22/h1-3,6,8-9,11,15,18-19H,4H2,(H,16,17)(H,13,20,22)/b2-1+/t6-,8-,9-,11-/m1/s1. The van der Waals surface area contributed by atoms with Gasteiger partial charge >= 0.3 is 5.97 Å². The molecule has 0 unspecified atom stereocenters. The van der Waals surface area contributed by atoms with Crippen LogP contribution in [0.25, 0.3) is 6.08 Å². The summed E-state index contributed by atoms with van der Waals surface area (Å²) in [4.78, 5) is 24.5. The Balaban J connectivity index is 2.44. The van der Waals surface area contributed by atoms with E-state index in [-0.39, 0.29) is 10.3 Å². The Kier molecular flexibility index (Phi) is 4.88. The molecule has 0 aromatic carbocycles. The number of aromatic nitrogens is 2. The Morgan fingerprint density at radius 3 is 2.68 bits per heavy atom. The molecular formula is C12H14N2O7S. The summed E-state index contributed by atoms with van der Waals surface area (Å²) in [5.41, 5.74) is -0.626. The van der Waals surface area contributed by atoms with E-state index in [1.165, 1.54) is 10.8 Å². The number of carbonyl (C=O) groups is 1. The Hall–Kier alpha value is -1.85. The molecule has 2 heterocycles. The Labute approximate surface area is 128 Å². The fourth-order valence-electron chi connectivity index (χ4n) is 2.08. The van der Waals surface area contributed by atoms with Gasteiger partial charge in [-0.05, 0) is 18.3 Å². The summed E-state index contributed by atoms with van der Waals surface area (Å²) in [6.45, 7) is -0.503. The van der Waals surface area contributed by atoms with E-state index in [9.17, 15) is 19.8 Å². The van der Waals surface area contributed by atoms with Crippen LogP contribution >= 0.6 is 12.2 Å². The van der Waals surface area contributed by atoms with Crippen molar-refractivity contribution in [3.63, 3.8) is 0 Å². The number of nitrogens with one attached hydrogen (secondary N) is 1. The van der Waals surface area contributed by atoms with E-state index in [0.717, 1.165) is 12.2 Å². The van der Waals surface area contributed by atoms with Crippen LogP contribution in [0, 0.1) is 4.77 Å². The van der Waals surface area contributed by atoms with Crippen molar-refractivity contribution < 1.29 is 30.0 Å². The van der Waals surface area contributed by atoms with Gasteiger partial charge in [-0.1, -0.05) is 0 Å². The van der Waals surface area contributed by atoms with Gasteiger partial charge in [0.25, 0.3) is 5.56 Å². The van der Waals surface area contributed by atoms with E-state index in [1.54, 1.807) is 0 Å². The number of carboxylic acids is 1. The summed E-state index contributed by atoms with van der Waals surface area (Å²) in [6.07, 6.45) is -1.75. The second-order valence-electron chi connectivity index (χ2n) is 4.65. The number of aliphatic hydroxyl groups is 3. The van der Waals surface area contributed by atoms with Gasteiger partial charge in [-0.2, -0.15) is 0 Å². The minimum absolute atomic E-state index is 0.0197. The van der Waals surface area contributed by atoms with Crippen LogP contribution in [0.4, 0.5) is 0 Å². The van der Waals surface area contributed by atoms with Gasteiger partial charge in [0, 0.05) is 12.3 Å². The zero-order chi connectivity index (χ0) is 16.4. The number of H-pyrrole nitrogens is 1. The SMILES string of the molecule is O=C(O)/C=C/c1cn([C@@H]2O[C@H](CO)[C@@H](O)[C@H]2O)c(=S)[nH]c1=O. The highest BCUT2D eigenvalue weighted by molar-refractivity contribution is 7.71. The van der Waals surface area contributed by atoms with Crippen molar-refractivity contribution in [3.05, 3.63) is 33.0 Å². The molecule has 0 spiro atoms. The molecule has 1 aliphatic heterocycles. The molecule has 0 bridgehead atoms. The fourth-order valence-corrected chi connectivity index (χ4v) is 2.33. The van der Waals surface area contributed by atoms with Gasteiger partial charge in [0.2, 0.25) is 0 Å². The molecule has 1 aromatic rings. The molecule has 0 amide bonds. The molecule has 4 atom stereocenters. The molecule has 1 aromatic heterocycles. The highest BCUT2D eigenvalue weighted by atomic mass is 32.1. The summed E-state index contributed by atoms with van der Waals surface area (Å²) in [5.74, 6) is -1.23. The third-order valence-electron chi connectivity index (χ3n) is 3.19. The first kappa shape index (κ1) is 16.5. The number of aliphatic hydroxyl groups excluding tert-OH is 3. The summed E-state index contributed by atoms with van der Waals surface area (Å²) in [5, 5.41) is 37.4. The molecule has 9 nitrogen and oxygen atoms in total. The number of carboxylic acid groups (broad SMARTS) is 1. The van der Waals surface area contributed by atoms with Gasteiger partial charge in [0.05, 0.1) is 12.2 Å². The molecule has 0 radical (unpaired) electrons. The molecule has 1 saturated heterocycles. The number of hydrogen-bond acceptors (Lipinski definition) is 7. The summed E-state index contributed by atoms with van der Waals surface area (Å²) >= 11 is 4.97. The van der Waals surface area contributed by atoms with Crippen LogP contribution in [-0.2, 0) is 9.53 Å². The smallest absolute Gasteiger partial charge is 0.328 e. The Morgan fingerprint density at radius 1 is 1.45 bits per heavy atom. The lowest BCUT2D eigenvalue weighted by atomic mass is 10.1. The molecular weight excluding hydrogens is 316 g/mol. The summed E-state index contributed by atoms with van der Waals surface area (Å²) < 4.78 is 6.41. The van der Waals surface area contributed by atoms with Gasteiger partial charge < -0.3 is 25.2 Å². The van der Waals surface area contributed by atoms with E-state index >= 15 is 0 Å². The molecule has 22 heavy (non-hydrogen) atoms. The van der Waals surface area contributed by atoms with E-state index in [0.29, 0.717) is 0 Å². The highest BCUT2D eigenvalue weighted by Gasteiger charge is 2.43. The van der Waals surface area contributed by atoms with Crippen LogP contribution in [0.1, 0.15) is 11.8 Å². The average Bonchev–Trinajstić information content (AvgIpc) is 2.74. The molecule has 120 valence electrons. The van der Waals surface area contributed by atoms with Crippen molar-refractivity contribution in [1.29, 1.82) is 0 Å². The second-order valence-corrected chi connectivity index (χ2v) is 5.04. The maximum Gasteiger partial charge on any atom is 0.328 e. The van der Waals surface area contributed by atoms with Crippen molar-refractivity contribution in [2.24, 2.45) is 0 Å². The lowest BCUT2D eigenvalue weighted by Crippen LogP contribution is -2.33. The van der Waals surface area contributed by atoms with E-state index < -0.39 is 42.7 Å². The number of aromatic amines is 1. The van der Waals surface area contributed by atoms with Crippen molar-refractivity contribution >= 4 is 24.3 Å². The van der Waals surface area contributed by atoms with Crippen LogP contribution in [0.15, 0.2) is 17.1 Å². The Morgan fingerprint density at radius 2 is 2.14 bits per heavy atom. The van der Waals surface area contributed by atoms with Crippen LogP contribution in [0.3, 0.4) is 0 Å². The normalized spacial score (nSPS) is 28.3. The number of nitrogens with zero attached hydrogens (tertiary/aromatic N) is 1. The number of ether oxygens (including phenoxy) is 1. The predicted molar refractivity (Wildman–Crippen MR) is 75.6 cm³/mol. The van der Waals surface area contributed by atoms with E-state index in [2.05, 4.69) is 4.98 Å². The van der Waals surface area contributed by atoms with Gasteiger partial charge in [0.15, 0.2) is 11.0 Å². The number of aliphatic carboxylic acids is 1. The molecule has 2 rings (SSSR count). The third-order valence-corrected chi connectivity index (χ3v) is 3.50. The summed E-state index contributed by atoms with van der Waals surface area (Å²) in [6, 6.07) is 0. The monoisotopic (exact) mass is 330 g/mol. The highest BCUT2D eigenvalue weighted by Crippen LogP contribution is 2.29. The first-order valence-corrected chi connectivity index (χ1v) is 6.65. The zero-order valence-electron chi connectivity index (χ0n) is 11.1. The Bertz CT molecular complexity index is 710. The number of rotatable bonds is 4. The van der Waals surface area contributed by atoms with Gasteiger partial charge in [-0.3, -0.25) is 14.3 Å². The van der Waals surface area contributed by atoms with E-state index in [1.807, 2.05) is 0 Å². The van der Waals surface area contributed by atoms with Crippen LogP contribution < -0.4 is 5.56 Å². The predicted octanol–water partition coefficient (Wildman–Crippen LogP) is -1.38. The van der Waals surface area contributed by atoms with E-state index in [4.69, 9.17) is 27.2 Å². The average molecular weight is 330 g/mol. The quantitative estimate of drug-likeness (QED) is 0.335. The lowest BCUT2D eigenvalue weighted by molar-refractivity contribution is -0.131. The maximum absolute atomic E-state index is 11.7. The van der Waals surface area contributed by atoms with Gasteiger partial charge in [-0.15, -0.1) is 0 Å². The minimum atomic E-state index is -1.37. The minimum Gasteiger partial charge on any atom is -0.478 e. The largest absolute Gasteiger partial charge is 0.478 e. The first-order chi connectivity index (χ1) is 10.3. The molecule has 1 fully saturated rings. The third kappa shape index (κ3) is 3.15. The lowest BCUT2D eigenvalue weighted by Gasteiger charge is -2.18. The molecule has 10 heteroatoms. The van der Waals surface area contributed by atoms with Crippen LogP contribution in [0.5, 0.6) is 0 Å². The van der Waals surface area contributed by atoms with Gasteiger partial charge in [0.1, 0.15) is 18.3 Å². The van der Waals surface area contributed by atoms with Crippen LogP contribution in [0.2, 0.25) is 0 Å². The maximum atomic E-state index is 11.7. The molecule has 5 N–H and O–H groups in total. The molecule has 1 aliphatic rings. The molecule has 0 saturated carbocycles. The van der Waals surface area contributed by atoms with Crippen molar-refractivity contribution in [2.45, 2.75) is 24.5 Å². The van der Waals surface area contributed by atoms with Crippen LogP contribution in [-0.4, -0.2) is 60.9 Å². The van der Waals surface area contributed by atoms with Crippen molar-refractivity contribution in [2.75, 3.05) is 6.61 Å². The number of hydrogen-bond donors (Lipinski definition) is 5. The molecule has 0 aliphatic carbocycles. The van der Waals surface area contributed by atoms with Crippen molar-refractivity contribution in [1.82, 2.24) is 9.55 Å². The fraction of sp³-hybridized carbons (Fsp3) is 0.417. The summed E-state index contributed by atoms with van der Waals surface area (Å²) in [7, 11) is 0. The topological polar surface area (TPSA) is 145 Å².